The van der Waals surface area contributed by atoms with Crippen LogP contribution in [0.25, 0.3) is 5.52 Å². The maximum absolute atomic E-state index is 11.9. The van der Waals surface area contributed by atoms with E-state index in [4.69, 9.17) is 17.3 Å². The molecule has 126 valence electrons. The van der Waals surface area contributed by atoms with Gasteiger partial charge in [0.05, 0.1) is 28.2 Å². The summed E-state index contributed by atoms with van der Waals surface area (Å²) >= 11 is 6.38. The van der Waals surface area contributed by atoms with Gasteiger partial charge in [0.2, 0.25) is 0 Å². The Bertz CT molecular complexity index is 845. The van der Waals surface area contributed by atoms with E-state index in [0.717, 1.165) is 22.7 Å². The van der Waals surface area contributed by atoms with Crippen LogP contribution in [0.15, 0.2) is 12.3 Å². The average molecular weight is 357 g/mol. The molecule has 6 nitrogen and oxygen atoms in total. The fourth-order valence-electron chi connectivity index (χ4n) is 3.09. The predicted octanol–water partition coefficient (Wildman–Crippen LogP) is 1.94. The minimum absolute atomic E-state index is 0.156. The Labute approximate surface area is 141 Å². The number of anilines is 1. The van der Waals surface area contributed by atoms with E-state index in [1.54, 1.807) is 6.20 Å². The van der Waals surface area contributed by atoms with Gasteiger partial charge in [0.1, 0.15) is 11.6 Å². The molecule has 0 bridgehead atoms. The van der Waals surface area contributed by atoms with Crippen LogP contribution in [-0.4, -0.2) is 42.4 Å². The molecule has 1 aliphatic heterocycles. The highest BCUT2D eigenvalue weighted by Crippen LogP contribution is 2.33. The van der Waals surface area contributed by atoms with Crippen LogP contribution in [0.3, 0.4) is 0 Å². The predicted molar refractivity (Wildman–Crippen MR) is 93.0 cm³/mol. The van der Waals surface area contributed by atoms with E-state index in [1.807, 2.05) is 24.3 Å². The van der Waals surface area contributed by atoms with Crippen molar-refractivity contribution in [2.75, 3.05) is 29.5 Å². The van der Waals surface area contributed by atoms with Crippen molar-refractivity contribution >= 4 is 32.8 Å². The maximum atomic E-state index is 11.9. The zero-order valence-corrected chi connectivity index (χ0v) is 14.9. The summed E-state index contributed by atoms with van der Waals surface area (Å²) < 4.78 is 25.8. The first-order valence-corrected chi connectivity index (χ1v) is 9.87. The molecule has 2 N–H and O–H groups in total. The van der Waals surface area contributed by atoms with Gasteiger partial charge < -0.3 is 10.6 Å². The summed E-state index contributed by atoms with van der Waals surface area (Å²) in [7, 11) is -2.98. The Morgan fingerprint density at radius 3 is 2.78 bits per heavy atom. The molecule has 1 aliphatic rings. The van der Waals surface area contributed by atoms with Crippen molar-refractivity contribution in [3.8, 4) is 0 Å². The summed E-state index contributed by atoms with van der Waals surface area (Å²) in [6.07, 6.45) is 2.35. The quantitative estimate of drug-likeness (QED) is 0.889. The molecule has 3 rings (SSSR count). The number of sulfone groups is 1. The summed E-state index contributed by atoms with van der Waals surface area (Å²) in [5, 5.41) is 0.601. The molecule has 8 heteroatoms. The maximum Gasteiger partial charge on any atom is 0.152 e. The van der Waals surface area contributed by atoms with Crippen molar-refractivity contribution < 1.29 is 8.42 Å². The van der Waals surface area contributed by atoms with E-state index in [1.165, 1.54) is 0 Å². The largest absolute Gasteiger partial charge is 0.356 e. The van der Waals surface area contributed by atoms with Crippen molar-refractivity contribution in [1.82, 2.24) is 9.38 Å². The molecule has 1 fully saturated rings. The molecule has 0 spiro atoms. The van der Waals surface area contributed by atoms with Gasteiger partial charge in [-0.25, -0.2) is 13.4 Å². The summed E-state index contributed by atoms with van der Waals surface area (Å²) in [4.78, 5) is 6.46. The van der Waals surface area contributed by atoms with Crippen molar-refractivity contribution in [1.29, 1.82) is 0 Å². The Morgan fingerprint density at radius 1 is 1.35 bits per heavy atom. The third-order valence-electron chi connectivity index (χ3n) is 4.28. The number of rotatable bonds is 2. The molecule has 0 radical (unpaired) electrons. The number of nitrogens with zero attached hydrogens (tertiary/aromatic N) is 3. The van der Waals surface area contributed by atoms with E-state index in [0.29, 0.717) is 24.5 Å². The number of halogens is 1. The fraction of sp³-hybridized carbons (Fsp3) is 0.533. The van der Waals surface area contributed by atoms with Crippen LogP contribution >= 0.6 is 11.6 Å². The zero-order chi connectivity index (χ0) is 16.8. The van der Waals surface area contributed by atoms with Crippen molar-refractivity contribution in [2.24, 2.45) is 5.73 Å². The molecule has 2 aromatic heterocycles. The van der Waals surface area contributed by atoms with Gasteiger partial charge in [-0.2, -0.15) is 0 Å². The Morgan fingerprint density at radius 2 is 2.09 bits per heavy atom. The van der Waals surface area contributed by atoms with Gasteiger partial charge in [0.25, 0.3) is 0 Å². The molecule has 1 unspecified atom stereocenters. The first kappa shape index (κ1) is 16.5. The first-order chi connectivity index (χ1) is 10.8. The van der Waals surface area contributed by atoms with Crippen LogP contribution < -0.4 is 10.6 Å². The van der Waals surface area contributed by atoms with E-state index < -0.39 is 9.84 Å². The number of aryl methyl sites for hydroxylation is 1. The van der Waals surface area contributed by atoms with Gasteiger partial charge in [-0.1, -0.05) is 11.6 Å². The standard InChI is InChI=1S/C15H21ClN4O2S/c1-10(17)12-8-13(16)14-9-18-11(2)20(14)15(12)19-4-3-6-23(21,22)7-5-19/h8-10H,3-7,17H2,1-2H3. The number of imidazole rings is 1. The number of fused-ring (bicyclic) bond motifs is 1. The Balaban J connectivity index is 2.20. The van der Waals surface area contributed by atoms with Gasteiger partial charge in [-0.3, -0.25) is 4.40 Å². The second-order valence-electron chi connectivity index (χ2n) is 6.08. The Kier molecular flexibility index (Phi) is 4.29. The lowest BCUT2D eigenvalue weighted by Gasteiger charge is -2.28. The molecule has 2 aromatic rings. The number of aromatic nitrogens is 2. The number of hydrogen-bond donors (Lipinski definition) is 1. The van der Waals surface area contributed by atoms with Gasteiger partial charge in [-0.05, 0) is 26.3 Å². The van der Waals surface area contributed by atoms with E-state index in [9.17, 15) is 8.42 Å². The SMILES string of the molecule is Cc1ncc2c(Cl)cc(C(C)N)c(N3CCCS(=O)(=O)CC3)n12. The third kappa shape index (κ3) is 3.05. The first-order valence-electron chi connectivity index (χ1n) is 7.67. The molecule has 0 aliphatic carbocycles. The normalized spacial score (nSPS) is 19.7. The van der Waals surface area contributed by atoms with E-state index >= 15 is 0 Å². The lowest BCUT2D eigenvalue weighted by Crippen LogP contribution is -2.31. The zero-order valence-electron chi connectivity index (χ0n) is 13.3. The highest BCUT2D eigenvalue weighted by atomic mass is 35.5. The highest BCUT2D eigenvalue weighted by molar-refractivity contribution is 7.91. The topological polar surface area (TPSA) is 80.7 Å². The van der Waals surface area contributed by atoms with Crippen molar-refractivity contribution in [2.45, 2.75) is 26.3 Å². The van der Waals surface area contributed by atoms with Gasteiger partial charge in [0.15, 0.2) is 9.84 Å². The van der Waals surface area contributed by atoms with Crippen LogP contribution in [-0.2, 0) is 9.84 Å². The number of hydrogen-bond acceptors (Lipinski definition) is 5. The molecule has 1 saturated heterocycles. The molecule has 0 saturated carbocycles. The molecule has 23 heavy (non-hydrogen) atoms. The van der Waals surface area contributed by atoms with Crippen LogP contribution in [0.1, 0.15) is 30.8 Å². The van der Waals surface area contributed by atoms with Crippen LogP contribution in [0.2, 0.25) is 5.02 Å². The summed E-state index contributed by atoms with van der Waals surface area (Å²) in [6, 6.07) is 1.66. The molecule has 3 heterocycles. The minimum atomic E-state index is -2.98. The second-order valence-corrected chi connectivity index (χ2v) is 8.79. The summed E-state index contributed by atoms with van der Waals surface area (Å²) in [6.45, 7) is 4.94. The Hall–Kier alpha value is -1.31. The van der Waals surface area contributed by atoms with Crippen molar-refractivity contribution in [3.05, 3.63) is 28.7 Å². The smallest absolute Gasteiger partial charge is 0.152 e. The highest BCUT2D eigenvalue weighted by Gasteiger charge is 2.25. The summed E-state index contributed by atoms with van der Waals surface area (Å²) in [5.74, 6) is 2.11. The van der Waals surface area contributed by atoms with Crippen LogP contribution in [0, 0.1) is 6.92 Å². The van der Waals surface area contributed by atoms with Crippen molar-refractivity contribution in [3.63, 3.8) is 0 Å². The monoisotopic (exact) mass is 356 g/mol. The van der Waals surface area contributed by atoms with Crippen LogP contribution in [0.5, 0.6) is 0 Å². The fourth-order valence-corrected chi connectivity index (χ4v) is 4.62. The van der Waals surface area contributed by atoms with Gasteiger partial charge in [-0.15, -0.1) is 0 Å². The molecular weight excluding hydrogens is 336 g/mol. The third-order valence-corrected chi connectivity index (χ3v) is 6.30. The van der Waals surface area contributed by atoms with Gasteiger partial charge >= 0.3 is 0 Å². The van der Waals surface area contributed by atoms with E-state index in [2.05, 4.69) is 9.88 Å². The number of nitrogens with two attached hydrogens (primary N) is 1. The van der Waals surface area contributed by atoms with Crippen LogP contribution in [0.4, 0.5) is 5.82 Å². The van der Waals surface area contributed by atoms with E-state index in [-0.39, 0.29) is 17.5 Å². The second kappa shape index (κ2) is 5.96. The molecule has 1 atom stereocenters. The summed E-state index contributed by atoms with van der Waals surface area (Å²) in [5.41, 5.74) is 7.88. The molecule has 0 amide bonds. The number of pyridine rings is 1. The van der Waals surface area contributed by atoms with Gasteiger partial charge in [0, 0.05) is 24.7 Å². The average Bonchev–Trinajstić information content (AvgIpc) is 2.76. The lowest BCUT2D eigenvalue weighted by molar-refractivity contribution is 0.597. The lowest BCUT2D eigenvalue weighted by atomic mass is 10.1. The molecular formula is C15H21ClN4O2S. The molecule has 0 aromatic carbocycles. The minimum Gasteiger partial charge on any atom is -0.356 e.